The lowest BCUT2D eigenvalue weighted by Crippen LogP contribution is -1.71. The van der Waals surface area contributed by atoms with Crippen molar-refractivity contribution < 1.29 is 4.42 Å². The van der Waals surface area contributed by atoms with Crippen LogP contribution in [0.5, 0.6) is 0 Å². The van der Waals surface area contributed by atoms with Crippen molar-refractivity contribution in [3.63, 3.8) is 0 Å². The fraction of sp³-hybridized carbons (Fsp3) is 0. The Bertz CT molecular complexity index is 748. The fourth-order valence-electron chi connectivity index (χ4n) is 2.04. The monoisotopic (exact) mass is 247 g/mol. The number of nitrogens with zero attached hydrogens (tertiary/aromatic N) is 1. The van der Waals surface area contributed by atoms with Gasteiger partial charge in [-0.25, -0.2) is 0 Å². The van der Waals surface area contributed by atoms with Crippen LogP contribution in [0.15, 0.2) is 83.7 Å². The third-order valence-electron chi connectivity index (χ3n) is 2.93. The van der Waals surface area contributed by atoms with Gasteiger partial charge in [0, 0.05) is 17.8 Å². The number of fused-ring (bicyclic) bond motifs is 3. The van der Waals surface area contributed by atoms with Gasteiger partial charge in [0.15, 0.2) is 0 Å². The highest BCUT2D eigenvalue weighted by Gasteiger charge is 2.00. The van der Waals surface area contributed by atoms with E-state index in [9.17, 15) is 0 Å². The highest BCUT2D eigenvalue weighted by molar-refractivity contribution is 6.05. The maximum absolute atomic E-state index is 5.33. The molecule has 4 rings (SSSR count). The predicted molar refractivity (Wildman–Crippen MR) is 78.0 cm³/mol. The van der Waals surface area contributed by atoms with Crippen molar-refractivity contribution in [1.29, 1.82) is 0 Å². The topological polar surface area (TPSA) is 26.0 Å². The lowest BCUT2D eigenvalue weighted by molar-refractivity contribution is 0.616. The second-order valence-corrected chi connectivity index (χ2v) is 4.14. The molecule has 0 aliphatic heterocycles. The van der Waals surface area contributed by atoms with Crippen LogP contribution in [0.25, 0.3) is 21.7 Å². The third kappa shape index (κ3) is 2.47. The molecule has 0 spiro atoms. The highest BCUT2D eigenvalue weighted by atomic mass is 16.3. The maximum atomic E-state index is 5.33. The van der Waals surface area contributed by atoms with E-state index >= 15 is 0 Å². The maximum Gasteiger partial charge on any atom is 0.134 e. The number of rotatable bonds is 0. The van der Waals surface area contributed by atoms with Crippen LogP contribution in [0.2, 0.25) is 0 Å². The molecule has 0 fully saturated rings. The van der Waals surface area contributed by atoms with E-state index in [4.69, 9.17) is 4.42 Å². The van der Waals surface area contributed by atoms with Gasteiger partial charge in [-0.3, -0.25) is 4.98 Å². The molecule has 0 saturated heterocycles. The van der Waals surface area contributed by atoms with Crippen molar-refractivity contribution in [2.24, 2.45) is 0 Å². The Morgan fingerprint density at radius 1 is 0.684 bits per heavy atom. The van der Waals surface area contributed by atoms with Gasteiger partial charge in [-0.1, -0.05) is 36.4 Å². The molecule has 0 radical (unpaired) electrons. The summed E-state index contributed by atoms with van der Waals surface area (Å²) in [5.74, 6) is 0. The number of hydrogen-bond acceptors (Lipinski definition) is 2. The lowest BCUT2D eigenvalue weighted by Gasteiger charge is -1.96. The van der Waals surface area contributed by atoms with Gasteiger partial charge in [0.1, 0.15) is 5.58 Å². The minimum Gasteiger partial charge on any atom is -0.464 e. The van der Waals surface area contributed by atoms with Gasteiger partial charge in [-0.05, 0) is 35.0 Å². The number of furan rings is 1. The number of benzene rings is 2. The molecule has 19 heavy (non-hydrogen) atoms. The molecule has 0 N–H and O–H groups in total. The van der Waals surface area contributed by atoms with Gasteiger partial charge in [-0.2, -0.15) is 0 Å². The number of aromatic nitrogens is 1. The first-order chi connectivity index (χ1) is 9.45. The van der Waals surface area contributed by atoms with Gasteiger partial charge in [0.05, 0.1) is 6.26 Å². The highest BCUT2D eigenvalue weighted by Crippen LogP contribution is 2.25. The van der Waals surface area contributed by atoms with Gasteiger partial charge < -0.3 is 4.42 Å². The van der Waals surface area contributed by atoms with Gasteiger partial charge in [-0.15, -0.1) is 0 Å². The van der Waals surface area contributed by atoms with Crippen molar-refractivity contribution in [2.45, 2.75) is 0 Å². The average Bonchev–Trinajstić information content (AvgIpc) is 2.99. The summed E-state index contributed by atoms with van der Waals surface area (Å²) in [6.07, 6.45) is 5.23. The van der Waals surface area contributed by atoms with Crippen LogP contribution in [0.1, 0.15) is 0 Å². The Balaban J connectivity index is 0.000000155. The quantitative estimate of drug-likeness (QED) is 0.451. The van der Waals surface area contributed by atoms with E-state index in [1.807, 2.05) is 36.4 Å². The van der Waals surface area contributed by atoms with E-state index in [1.165, 1.54) is 16.2 Å². The first-order valence-corrected chi connectivity index (χ1v) is 6.15. The van der Waals surface area contributed by atoms with Gasteiger partial charge in [0.2, 0.25) is 0 Å². The first-order valence-electron chi connectivity index (χ1n) is 6.15. The summed E-state index contributed by atoms with van der Waals surface area (Å²) >= 11 is 0. The second-order valence-electron chi connectivity index (χ2n) is 4.14. The number of pyridine rings is 1. The van der Waals surface area contributed by atoms with E-state index in [1.54, 1.807) is 18.7 Å². The number of hydrogen-bond donors (Lipinski definition) is 0. The van der Waals surface area contributed by atoms with Crippen LogP contribution in [0.4, 0.5) is 0 Å². The molecule has 0 bridgehead atoms. The van der Waals surface area contributed by atoms with Crippen LogP contribution in [0, 0.1) is 0 Å². The first kappa shape index (κ1) is 11.5. The molecule has 2 heterocycles. The molecule has 2 aromatic carbocycles. The summed E-state index contributed by atoms with van der Waals surface area (Å²) < 4.78 is 5.33. The summed E-state index contributed by atoms with van der Waals surface area (Å²) in [4.78, 5) is 3.78. The van der Waals surface area contributed by atoms with E-state index in [0.717, 1.165) is 5.58 Å². The Morgan fingerprint density at radius 2 is 1.53 bits per heavy atom. The van der Waals surface area contributed by atoms with Crippen LogP contribution in [-0.4, -0.2) is 4.98 Å². The van der Waals surface area contributed by atoms with Crippen LogP contribution in [0.3, 0.4) is 0 Å². The van der Waals surface area contributed by atoms with Crippen LogP contribution >= 0.6 is 0 Å². The van der Waals surface area contributed by atoms with Crippen LogP contribution < -0.4 is 0 Å². The van der Waals surface area contributed by atoms with Crippen molar-refractivity contribution in [1.82, 2.24) is 4.98 Å². The van der Waals surface area contributed by atoms with E-state index in [2.05, 4.69) is 29.2 Å². The molecule has 0 aliphatic rings. The Kier molecular flexibility index (Phi) is 3.24. The summed E-state index contributed by atoms with van der Waals surface area (Å²) in [5, 5.41) is 3.71. The van der Waals surface area contributed by atoms with E-state index in [0.29, 0.717) is 0 Å². The zero-order valence-electron chi connectivity index (χ0n) is 10.4. The largest absolute Gasteiger partial charge is 0.464 e. The Hall–Kier alpha value is -2.61. The van der Waals surface area contributed by atoms with E-state index < -0.39 is 0 Å². The molecule has 0 amide bonds. The molecule has 0 atom stereocenters. The summed E-state index contributed by atoms with van der Waals surface area (Å²) in [6.45, 7) is 0. The zero-order valence-corrected chi connectivity index (χ0v) is 10.4. The predicted octanol–water partition coefficient (Wildman–Crippen LogP) is 4.67. The smallest absolute Gasteiger partial charge is 0.134 e. The summed E-state index contributed by atoms with van der Waals surface area (Å²) in [7, 11) is 0. The fourth-order valence-corrected chi connectivity index (χ4v) is 2.04. The molecule has 2 heteroatoms. The molecule has 0 aliphatic carbocycles. The molecule has 92 valence electrons. The van der Waals surface area contributed by atoms with Crippen molar-refractivity contribution in [3.8, 4) is 0 Å². The second kappa shape index (κ2) is 5.36. The Morgan fingerprint density at radius 3 is 2.26 bits per heavy atom. The average molecular weight is 247 g/mol. The molecule has 2 aromatic heterocycles. The molecule has 0 unspecified atom stereocenters. The molecule has 4 aromatic rings. The van der Waals surface area contributed by atoms with Crippen molar-refractivity contribution >= 4 is 21.7 Å². The zero-order chi connectivity index (χ0) is 12.9. The van der Waals surface area contributed by atoms with Gasteiger partial charge in [0.25, 0.3) is 0 Å². The minimum atomic E-state index is 0.957. The van der Waals surface area contributed by atoms with Crippen molar-refractivity contribution in [3.05, 3.63) is 79.3 Å². The standard InChI is InChI=1S/C12H8O.C5H5N/c1-2-4-10-9(3-1)5-6-12-11(10)7-8-13-12;1-2-4-6-5-3-1/h1-8H;1-5H. The SMILES string of the molecule is c1ccc2c(c1)ccc1occc12.c1ccncc1. The Labute approximate surface area is 111 Å². The normalized spacial score (nSPS) is 10.1. The van der Waals surface area contributed by atoms with E-state index in [-0.39, 0.29) is 0 Å². The molecular weight excluding hydrogens is 234 g/mol. The molecule has 2 nitrogen and oxygen atoms in total. The van der Waals surface area contributed by atoms with Crippen LogP contribution in [-0.2, 0) is 0 Å². The van der Waals surface area contributed by atoms with Gasteiger partial charge >= 0.3 is 0 Å². The summed E-state index contributed by atoms with van der Waals surface area (Å²) in [5.41, 5.74) is 0.957. The lowest BCUT2D eigenvalue weighted by atomic mass is 10.1. The molecular formula is C17H13NO. The molecule has 0 saturated carbocycles. The summed E-state index contributed by atoms with van der Waals surface area (Å²) in [6, 6.07) is 20.2. The third-order valence-corrected chi connectivity index (χ3v) is 2.93. The van der Waals surface area contributed by atoms with Crippen molar-refractivity contribution in [2.75, 3.05) is 0 Å². The minimum absolute atomic E-state index is 0.957.